The lowest BCUT2D eigenvalue weighted by atomic mass is 10.2. The van der Waals surface area contributed by atoms with Crippen molar-refractivity contribution in [2.45, 2.75) is 19.9 Å². The number of carboxylic acids is 1. The molecule has 0 spiro atoms. The summed E-state index contributed by atoms with van der Waals surface area (Å²) in [5.74, 6) is -1.09. The van der Waals surface area contributed by atoms with Crippen molar-refractivity contribution in [1.82, 2.24) is 4.90 Å². The number of aliphatic hydroxyl groups excluding tert-OH is 1. The van der Waals surface area contributed by atoms with E-state index in [1.165, 1.54) is 9.80 Å². The number of amides is 2. The van der Waals surface area contributed by atoms with Crippen LogP contribution in [0.3, 0.4) is 0 Å². The molecule has 0 saturated heterocycles. The molecule has 1 aromatic rings. The number of carboxylic acid groups (broad SMARTS) is 1. The zero-order valence-electron chi connectivity index (χ0n) is 11.7. The molecule has 0 aliphatic heterocycles. The first-order valence-electron chi connectivity index (χ1n) is 6.43. The van der Waals surface area contributed by atoms with Gasteiger partial charge in [-0.3, -0.25) is 9.69 Å². The van der Waals surface area contributed by atoms with E-state index in [1.54, 1.807) is 30.3 Å². The Morgan fingerprint density at radius 3 is 2.25 bits per heavy atom. The van der Waals surface area contributed by atoms with Gasteiger partial charge in [0.15, 0.2) is 0 Å². The lowest BCUT2D eigenvalue weighted by molar-refractivity contribution is -0.135. The largest absolute Gasteiger partial charge is 0.480 e. The van der Waals surface area contributed by atoms with E-state index < -0.39 is 18.5 Å². The van der Waals surface area contributed by atoms with Crippen molar-refractivity contribution in [3.8, 4) is 0 Å². The van der Waals surface area contributed by atoms with Crippen molar-refractivity contribution in [2.75, 3.05) is 24.6 Å². The molecule has 1 aromatic carbocycles. The summed E-state index contributed by atoms with van der Waals surface area (Å²) in [5, 5.41) is 18.0. The van der Waals surface area contributed by atoms with Gasteiger partial charge >= 0.3 is 12.0 Å². The van der Waals surface area contributed by atoms with Gasteiger partial charge in [-0.1, -0.05) is 18.2 Å². The van der Waals surface area contributed by atoms with Crippen LogP contribution in [0.5, 0.6) is 0 Å². The van der Waals surface area contributed by atoms with E-state index in [1.807, 2.05) is 13.8 Å². The number of urea groups is 1. The fourth-order valence-corrected chi connectivity index (χ4v) is 1.85. The molecule has 0 unspecified atom stereocenters. The molecule has 0 aromatic heterocycles. The van der Waals surface area contributed by atoms with Crippen molar-refractivity contribution < 1.29 is 19.8 Å². The van der Waals surface area contributed by atoms with Crippen LogP contribution < -0.4 is 4.90 Å². The highest BCUT2D eigenvalue weighted by Crippen LogP contribution is 2.16. The number of benzene rings is 1. The van der Waals surface area contributed by atoms with E-state index in [2.05, 4.69) is 0 Å². The molecular weight excluding hydrogens is 260 g/mol. The fraction of sp³-hybridized carbons (Fsp3) is 0.429. The molecule has 0 fully saturated rings. The second-order valence-electron chi connectivity index (χ2n) is 4.61. The van der Waals surface area contributed by atoms with Crippen molar-refractivity contribution in [3.63, 3.8) is 0 Å². The van der Waals surface area contributed by atoms with Crippen molar-refractivity contribution >= 4 is 17.7 Å². The first-order chi connectivity index (χ1) is 9.47. The Hall–Kier alpha value is -2.08. The summed E-state index contributed by atoms with van der Waals surface area (Å²) in [6.45, 7) is 3.21. The minimum Gasteiger partial charge on any atom is -0.480 e. The summed E-state index contributed by atoms with van der Waals surface area (Å²) in [6, 6.07) is 8.07. The lowest BCUT2D eigenvalue weighted by Gasteiger charge is -2.32. The molecule has 0 aliphatic carbocycles. The number of anilines is 1. The summed E-state index contributed by atoms with van der Waals surface area (Å²) in [5.41, 5.74) is 0.517. The minimum absolute atomic E-state index is 0.130. The second kappa shape index (κ2) is 7.49. The molecule has 0 atom stereocenters. The van der Waals surface area contributed by atoms with E-state index >= 15 is 0 Å². The fourth-order valence-electron chi connectivity index (χ4n) is 1.85. The standard InChI is InChI=1S/C14H20N2O4/c1-11(2)15(8-9-17)14(20)16(10-13(18)19)12-6-4-3-5-7-12/h3-7,11,17H,8-10H2,1-2H3,(H,18,19). The van der Waals surface area contributed by atoms with Crippen molar-refractivity contribution in [3.05, 3.63) is 30.3 Å². The first-order valence-corrected chi connectivity index (χ1v) is 6.43. The predicted molar refractivity (Wildman–Crippen MR) is 75.7 cm³/mol. The molecule has 0 bridgehead atoms. The van der Waals surface area contributed by atoms with Crippen LogP contribution in [0.2, 0.25) is 0 Å². The van der Waals surface area contributed by atoms with E-state index in [4.69, 9.17) is 10.2 Å². The molecule has 1 rings (SSSR count). The molecule has 0 aliphatic rings. The molecule has 2 N–H and O–H groups in total. The Kier molecular flexibility index (Phi) is 5.99. The van der Waals surface area contributed by atoms with Gasteiger partial charge in [-0.15, -0.1) is 0 Å². The number of para-hydroxylation sites is 1. The van der Waals surface area contributed by atoms with Crippen LogP contribution in [0, 0.1) is 0 Å². The summed E-state index contributed by atoms with van der Waals surface area (Å²) in [7, 11) is 0. The molecule has 0 saturated carbocycles. The second-order valence-corrected chi connectivity index (χ2v) is 4.61. The quantitative estimate of drug-likeness (QED) is 0.825. The Bertz CT molecular complexity index is 448. The lowest BCUT2D eigenvalue weighted by Crippen LogP contribution is -2.49. The smallest absolute Gasteiger partial charge is 0.325 e. The first kappa shape index (κ1) is 16.0. The van der Waals surface area contributed by atoms with Gasteiger partial charge in [-0.25, -0.2) is 4.79 Å². The minimum atomic E-state index is -1.09. The van der Waals surface area contributed by atoms with Gasteiger partial charge in [0.25, 0.3) is 0 Å². The van der Waals surface area contributed by atoms with Crippen LogP contribution in [0.4, 0.5) is 10.5 Å². The topological polar surface area (TPSA) is 81.1 Å². The third kappa shape index (κ3) is 4.24. The van der Waals surface area contributed by atoms with E-state index in [0.717, 1.165) is 0 Å². The van der Waals surface area contributed by atoms with Crippen LogP contribution >= 0.6 is 0 Å². The number of hydrogen-bond donors (Lipinski definition) is 2. The summed E-state index contributed by atoms with van der Waals surface area (Å²) in [4.78, 5) is 26.1. The Labute approximate surface area is 118 Å². The average Bonchev–Trinajstić information content (AvgIpc) is 2.42. The number of rotatable bonds is 6. The molecule has 0 heterocycles. The highest BCUT2D eigenvalue weighted by atomic mass is 16.4. The predicted octanol–water partition coefficient (Wildman–Crippen LogP) is 1.40. The number of aliphatic carboxylic acids is 1. The highest BCUT2D eigenvalue weighted by molar-refractivity contribution is 5.96. The van der Waals surface area contributed by atoms with Crippen molar-refractivity contribution in [1.29, 1.82) is 0 Å². The number of hydrogen-bond acceptors (Lipinski definition) is 3. The molecule has 20 heavy (non-hydrogen) atoms. The van der Waals surface area contributed by atoms with Gasteiger partial charge in [-0.05, 0) is 26.0 Å². The van der Waals surface area contributed by atoms with E-state index in [9.17, 15) is 9.59 Å². The zero-order chi connectivity index (χ0) is 15.1. The number of carbonyl (C=O) groups excluding carboxylic acids is 1. The Morgan fingerprint density at radius 2 is 1.80 bits per heavy atom. The molecule has 110 valence electrons. The maximum Gasteiger partial charge on any atom is 0.325 e. The monoisotopic (exact) mass is 280 g/mol. The van der Waals surface area contributed by atoms with E-state index in [-0.39, 0.29) is 19.2 Å². The number of nitrogens with zero attached hydrogens (tertiary/aromatic N) is 2. The highest BCUT2D eigenvalue weighted by Gasteiger charge is 2.25. The molecule has 0 radical (unpaired) electrons. The maximum atomic E-state index is 12.5. The van der Waals surface area contributed by atoms with Crippen LogP contribution in [0.15, 0.2) is 30.3 Å². The van der Waals surface area contributed by atoms with Crippen LogP contribution in [-0.2, 0) is 4.79 Å². The van der Waals surface area contributed by atoms with Crippen LogP contribution in [-0.4, -0.2) is 52.9 Å². The van der Waals surface area contributed by atoms with Gasteiger partial charge in [0.1, 0.15) is 6.54 Å². The van der Waals surface area contributed by atoms with E-state index in [0.29, 0.717) is 5.69 Å². The molecular formula is C14H20N2O4. The molecule has 6 heteroatoms. The maximum absolute atomic E-state index is 12.5. The summed E-state index contributed by atoms with van der Waals surface area (Å²) < 4.78 is 0. The number of carbonyl (C=O) groups is 2. The van der Waals surface area contributed by atoms with Gasteiger partial charge in [0.05, 0.1) is 6.61 Å². The zero-order valence-corrected chi connectivity index (χ0v) is 11.7. The SMILES string of the molecule is CC(C)N(CCO)C(=O)N(CC(=O)O)c1ccccc1. The van der Waals surface area contributed by atoms with Gasteiger partial charge < -0.3 is 15.1 Å². The summed E-state index contributed by atoms with van der Waals surface area (Å²) in [6.07, 6.45) is 0. The van der Waals surface area contributed by atoms with Crippen molar-refractivity contribution in [2.24, 2.45) is 0 Å². The van der Waals surface area contributed by atoms with Crippen LogP contribution in [0.25, 0.3) is 0 Å². The third-order valence-electron chi connectivity index (χ3n) is 2.80. The van der Waals surface area contributed by atoms with Gasteiger partial charge in [0, 0.05) is 18.3 Å². The van der Waals surface area contributed by atoms with Gasteiger partial charge in [0.2, 0.25) is 0 Å². The van der Waals surface area contributed by atoms with Gasteiger partial charge in [-0.2, -0.15) is 0 Å². The number of aliphatic hydroxyl groups is 1. The molecule has 6 nitrogen and oxygen atoms in total. The molecule has 2 amide bonds. The van der Waals surface area contributed by atoms with Crippen LogP contribution in [0.1, 0.15) is 13.8 Å². The summed E-state index contributed by atoms with van der Waals surface area (Å²) >= 11 is 0. The normalized spacial score (nSPS) is 10.4. The average molecular weight is 280 g/mol. The third-order valence-corrected chi connectivity index (χ3v) is 2.80. The Morgan fingerprint density at radius 1 is 1.20 bits per heavy atom. The Balaban J connectivity index is 3.03.